The van der Waals surface area contributed by atoms with Gasteiger partial charge in [0.1, 0.15) is 5.82 Å². The minimum atomic E-state index is 0.0124. The van der Waals surface area contributed by atoms with Crippen LogP contribution in [0, 0.1) is 6.92 Å². The van der Waals surface area contributed by atoms with Crippen molar-refractivity contribution in [3.63, 3.8) is 0 Å². The van der Waals surface area contributed by atoms with Gasteiger partial charge in [-0.15, -0.1) is 0 Å². The zero-order valence-electron chi connectivity index (χ0n) is 19.7. The molecule has 2 atom stereocenters. The number of hydrogen-bond donors (Lipinski definition) is 0. The van der Waals surface area contributed by atoms with Crippen LogP contribution >= 0.6 is 0 Å². The van der Waals surface area contributed by atoms with Crippen LogP contribution in [-0.4, -0.2) is 45.8 Å². The number of benzene rings is 2. The monoisotopic (exact) mass is 442 g/mol. The summed E-state index contributed by atoms with van der Waals surface area (Å²) >= 11 is 0. The fraction of sp³-hybridized carbons (Fsp3) is 0.333. The highest BCUT2D eigenvalue weighted by atomic mass is 16.5. The maximum absolute atomic E-state index is 12.3. The van der Waals surface area contributed by atoms with Gasteiger partial charge in [0.15, 0.2) is 0 Å². The van der Waals surface area contributed by atoms with E-state index in [2.05, 4.69) is 65.9 Å². The van der Waals surface area contributed by atoms with Crippen molar-refractivity contribution in [1.82, 2.24) is 19.0 Å². The molecule has 0 bridgehead atoms. The fourth-order valence-electron chi connectivity index (χ4n) is 4.77. The van der Waals surface area contributed by atoms with Gasteiger partial charge in [-0.05, 0) is 50.2 Å². The standard InChI is InChI=1S/C27H30N4O2/c1-18-14-22(16-30(4)27(18)32)26-28-23-11-10-21(25-17-29(3)12-13-33-25)15-24(23)31(26)19(2)20-8-6-5-7-9-20/h5-11,14-16,19,25H,12-13,17H2,1-4H3/t19-,25?/m0/s1. The third kappa shape index (κ3) is 4.01. The van der Waals surface area contributed by atoms with Gasteiger partial charge in [-0.3, -0.25) is 4.79 Å². The number of rotatable bonds is 4. The Morgan fingerprint density at radius 1 is 1.09 bits per heavy atom. The van der Waals surface area contributed by atoms with Crippen molar-refractivity contribution in [2.24, 2.45) is 7.05 Å². The molecule has 2 aromatic heterocycles. The second-order valence-electron chi connectivity index (χ2n) is 9.09. The molecule has 5 rings (SSSR count). The summed E-state index contributed by atoms with van der Waals surface area (Å²) in [6, 6.07) is 18.9. The number of likely N-dealkylation sites (N-methyl/N-ethyl adjacent to an activating group) is 1. The van der Waals surface area contributed by atoms with E-state index in [9.17, 15) is 4.79 Å². The Kier molecular flexibility index (Phi) is 5.64. The van der Waals surface area contributed by atoms with Gasteiger partial charge in [0.25, 0.3) is 5.56 Å². The summed E-state index contributed by atoms with van der Waals surface area (Å²) in [6.07, 6.45) is 1.93. The van der Waals surface area contributed by atoms with E-state index >= 15 is 0 Å². The number of fused-ring (bicyclic) bond motifs is 1. The fourth-order valence-corrected chi connectivity index (χ4v) is 4.77. The van der Waals surface area contributed by atoms with Crippen LogP contribution in [0.3, 0.4) is 0 Å². The Morgan fingerprint density at radius 2 is 1.88 bits per heavy atom. The summed E-state index contributed by atoms with van der Waals surface area (Å²) in [5.74, 6) is 0.860. The number of ether oxygens (including phenoxy) is 1. The van der Waals surface area contributed by atoms with Crippen LogP contribution in [0.25, 0.3) is 22.4 Å². The van der Waals surface area contributed by atoms with Gasteiger partial charge in [-0.2, -0.15) is 0 Å². The lowest BCUT2D eigenvalue weighted by Gasteiger charge is -2.30. The first-order valence-electron chi connectivity index (χ1n) is 11.5. The molecule has 0 N–H and O–H groups in total. The number of nitrogens with zero attached hydrogens (tertiary/aromatic N) is 4. The summed E-state index contributed by atoms with van der Waals surface area (Å²) in [6.45, 7) is 6.63. The second kappa shape index (κ2) is 8.61. The topological polar surface area (TPSA) is 52.3 Å². The van der Waals surface area contributed by atoms with Crippen LogP contribution in [0.15, 0.2) is 65.6 Å². The normalized spacial score (nSPS) is 18.0. The van der Waals surface area contributed by atoms with E-state index in [1.807, 2.05) is 25.3 Å². The molecular formula is C27H30N4O2. The first kappa shape index (κ1) is 21.6. The smallest absolute Gasteiger partial charge is 0.253 e. The molecule has 0 saturated carbocycles. The number of aryl methyl sites for hydroxylation is 2. The van der Waals surface area contributed by atoms with Crippen LogP contribution in [0.1, 0.15) is 35.8 Å². The van der Waals surface area contributed by atoms with Gasteiger partial charge in [-0.1, -0.05) is 36.4 Å². The average Bonchev–Trinajstić information content (AvgIpc) is 3.21. The Morgan fingerprint density at radius 3 is 2.61 bits per heavy atom. The molecule has 1 aliphatic heterocycles. The minimum Gasteiger partial charge on any atom is -0.371 e. The summed E-state index contributed by atoms with van der Waals surface area (Å²) in [5.41, 5.74) is 6.04. The Bertz CT molecular complexity index is 1330. The lowest BCUT2D eigenvalue weighted by molar-refractivity contribution is -0.0208. The van der Waals surface area contributed by atoms with E-state index < -0.39 is 0 Å². The molecule has 3 heterocycles. The molecule has 0 aliphatic carbocycles. The van der Waals surface area contributed by atoms with Gasteiger partial charge in [0.2, 0.25) is 0 Å². The maximum atomic E-state index is 12.3. The van der Waals surface area contributed by atoms with Crippen molar-refractivity contribution in [3.8, 4) is 11.4 Å². The SMILES string of the molecule is Cc1cc(-c2nc3ccc(C4CN(C)CCO4)cc3n2[C@@H](C)c2ccccc2)cn(C)c1=O. The van der Waals surface area contributed by atoms with Crippen LogP contribution < -0.4 is 5.56 Å². The van der Waals surface area contributed by atoms with E-state index in [0.717, 1.165) is 42.1 Å². The number of hydrogen-bond acceptors (Lipinski definition) is 4. The second-order valence-corrected chi connectivity index (χ2v) is 9.09. The summed E-state index contributed by atoms with van der Waals surface area (Å²) in [5, 5.41) is 0. The van der Waals surface area contributed by atoms with Crippen molar-refractivity contribution >= 4 is 11.0 Å². The van der Waals surface area contributed by atoms with Gasteiger partial charge < -0.3 is 18.8 Å². The van der Waals surface area contributed by atoms with Gasteiger partial charge in [0.05, 0.1) is 29.8 Å². The van der Waals surface area contributed by atoms with E-state index in [-0.39, 0.29) is 17.7 Å². The molecule has 6 nitrogen and oxygen atoms in total. The Hall–Kier alpha value is -3.22. The zero-order valence-corrected chi connectivity index (χ0v) is 19.7. The van der Waals surface area contributed by atoms with E-state index in [1.54, 1.807) is 11.6 Å². The molecule has 1 saturated heterocycles. The summed E-state index contributed by atoms with van der Waals surface area (Å²) < 4.78 is 10.0. The number of morpholine rings is 1. The number of imidazole rings is 1. The highest BCUT2D eigenvalue weighted by molar-refractivity contribution is 5.82. The number of pyridine rings is 1. The lowest BCUT2D eigenvalue weighted by Crippen LogP contribution is -2.35. The third-order valence-corrected chi connectivity index (χ3v) is 6.64. The van der Waals surface area contributed by atoms with Crippen molar-refractivity contribution in [3.05, 3.63) is 87.8 Å². The largest absolute Gasteiger partial charge is 0.371 e. The predicted octanol–water partition coefficient (Wildman–Crippen LogP) is 4.32. The van der Waals surface area contributed by atoms with Gasteiger partial charge >= 0.3 is 0 Å². The average molecular weight is 443 g/mol. The first-order chi connectivity index (χ1) is 15.9. The summed E-state index contributed by atoms with van der Waals surface area (Å²) in [7, 11) is 3.93. The quantitative estimate of drug-likeness (QED) is 0.472. The third-order valence-electron chi connectivity index (χ3n) is 6.64. The van der Waals surface area contributed by atoms with Crippen LogP contribution in [0.2, 0.25) is 0 Å². The summed E-state index contributed by atoms with van der Waals surface area (Å²) in [4.78, 5) is 19.7. The van der Waals surface area contributed by atoms with Gasteiger partial charge in [-0.25, -0.2) is 4.98 Å². The lowest BCUT2D eigenvalue weighted by atomic mass is 10.1. The Labute approximate surface area is 194 Å². The van der Waals surface area contributed by atoms with Crippen LogP contribution in [-0.2, 0) is 11.8 Å². The molecule has 0 amide bonds. The van der Waals surface area contributed by atoms with E-state index in [0.29, 0.717) is 5.56 Å². The van der Waals surface area contributed by atoms with Crippen molar-refractivity contribution in [1.29, 1.82) is 0 Å². The molecule has 2 aromatic carbocycles. The highest BCUT2D eigenvalue weighted by Crippen LogP contribution is 2.33. The van der Waals surface area contributed by atoms with Gasteiger partial charge in [0, 0.05) is 37.5 Å². The molecule has 0 radical (unpaired) electrons. The molecule has 170 valence electrons. The molecular weight excluding hydrogens is 412 g/mol. The molecule has 33 heavy (non-hydrogen) atoms. The first-order valence-corrected chi connectivity index (χ1v) is 11.5. The number of aromatic nitrogens is 3. The van der Waals surface area contributed by atoms with E-state index in [4.69, 9.17) is 9.72 Å². The predicted molar refractivity (Wildman–Crippen MR) is 132 cm³/mol. The van der Waals surface area contributed by atoms with Crippen molar-refractivity contribution < 1.29 is 4.74 Å². The molecule has 1 aliphatic rings. The van der Waals surface area contributed by atoms with Crippen molar-refractivity contribution in [2.45, 2.75) is 26.0 Å². The minimum absolute atomic E-state index is 0.0124. The van der Waals surface area contributed by atoms with Crippen LogP contribution in [0.4, 0.5) is 0 Å². The zero-order chi connectivity index (χ0) is 23.1. The van der Waals surface area contributed by atoms with Crippen LogP contribution in [0.5, 0.6) is 0 Å². The van der Waals surface area contributed by atoms with E-state index in [1.165, 1.54) is 11.1 Å². The Balaban J connectivity index is 1.71. The maximum Gasteiger partial charge on any atom is 0.253 e. The molecule has 1 fully saturated rings. The molecule has 0 spiro atoms. The molecule has 4 aromatic rings. The highest BCUT2D eigenvalue weighted by Gasteiger charge is 2.23. The molecule has 1 unspecified atom stereocenters. The molecule has 6 heteroatoms. The van der Waals surface area contributed by atoms with Crippen molar-refractivity contribution in [2.75, 3.05) is 26.7 Å².